The van der Waals surface area contributed by atoms with Gasteiger partial charge in [-0.1, -0.05) is 13.0 Å². The molecule has 2 rings (SSSR count). The molecule has 2 heterocycles. The molecule has 0 aliphatic heterocycles. The van der Waals surface area contributed by atoms with Crippen LogP contribution in [-0.4, -0.2) is 10.9 Å². The smallest absolute Gasteiger partial charge is 0.425 e. The van der Waals surface area contributed by atoms with Crippen molar-refractivity contribution in [2.75, 3.05) is 0 Å². The van der Waals surface area contributed by atoms with Gasteiger partial charge in [-0.25, -0.2) is 4.98 Å². The maximum atomic E-state index is 12.6. The van der Waals surface area contributed by atoms with Crippen molar-refractivity contribution >= 4 is 17.2 Å². The van der Waals surface area contributed by atoms with Crippen molar-refractivity contribution in [3.8, 4) is 11.6 Å². The van der Waals surface area contributed by atoms with E-state index in [2.05, 4.69) is 4.98 Å². The van der Waals surface area contributed by atoms with Gasteiger partial charge < -0.3 is 4.74 Å². The molecule has 0 aromatic carbocycles. The van der Waals surface area contributed by atoms with Crippen LogP contribution in [-0.2, 0) is 11.0 Å². The third-order valence-electron chi connectivity index (χ3n) is 3.13. The molecule has 1 amide bonds. The van der Waals surface area contributed by atoms with E-state index in [-0.39, 0.29) is 24.0 Å². The zero-order chi connectivity index (χ0) is 17.0. The van der Waals surface area contributed by atoms with Crippen LogP contribution >= 0.6 is 11.3 Å². The molecule has 0 aliphatic rings. The van der Waals surface area contributed by atoms with Crippen LogP contribution in [0, 0.1) is 0 Å². The molecule has 1 N–H and O–H groups in total. The Bertz CT molecular complexity index is 685. The lowest BCUT2D eigenvalue weighted by Crippen LogP contribution is -2.03. The molecule has 2 aromatic heterocycles. The molecule has 0 fully saturated rings. The number of carbonyl (C=O) groups is 1. The molecule has 123 valence electrons. The maximum Gasteiger partial charge on any atom is 0.425 e. The van der Waals surface area contributed by atoms with E-state index in [1.165, 1.54) is 5.38 Å². The standard InChI is InChI=1S/C15H14F3N2O2S/c1-9(5-6-13(19)21)11-3-2-4-14(20-11)22-10-7-12(23-8-10)15(16,17)18/h2-4,7-9,19H,5-6H2,1H3. The van der Waals surface area contributed by atoms with Crippen molar-refractivity contribution in [2.24, 2.45) is 0 Å². The molecule has 8 heteroatoms. The van der Waals surface area contributed by atoms with Gasteiger partial charge in [0.15, 0.2) is 0 Å². The van der Waals surface area contributed by atoms with Crippen LogP contribution in [0.2, 0.25) is 0 Å². The third-order valence-corrected chi connectivity index (χ3v) is 4.09. The van der Waals surface area contributed by atoms with Crippen LogP contribution in [0.3, 0.4) is 0 Å². The SMILES string of the molecule is CC(CCC([NH])=O)c1cccc(Oc2csc(C(F)(F)F)c2)n1. The van der Waals surface area contributed by atoms with Crippen LogP contribution in [0.1, 0.15) is 36.3 Å². The van der Waals surface area contributed by atoms with E-state index in [4.69, 9.17) is 10.5 Å². The highest BCUT2D eigenvalue weighted by Gasteiger charge is 2.32. The topological polar surface area (TPSA) is 63.0 Å². The summed E-state index contributed by atoms with van der Waals surface area (Å²) >= 11 is 0.561. The van der Waals surface area contributed by atoms with Crippen LogP contribution < -0.4 is 10.5 Å². The second-order valence-electron chi connectivity index (χ2n) is 5.01. The summed E-state index contributed by atoms with van der Waals surface area (Å²) in [7, 11) is 0. The lowest BCUT2D eigenvalue weighted by Gasteiger charge is -2.11. The van der Waals surface area contributed by atoms with Gasteiger partial charge in [-0.3, -0.25) is 10.5 Å². The Morgan fingerprint density at radius 3 is 2.78 bits per heavy atom. The van der Waals surface area contributed by atoms with Crippen LogP contribution in [0.15, 0.2) is 29.6 Å². The van der Waals surface area contributed by atoms with Gasteiger partial charge in [0.2, 0.25) is 11.8 Å². The zero-order valence-corrected chi connectivity index (χ0v) is 13.0. The van der Waals surface area contributed by atoms with Crippen LogP contribution in [0.25, 0.3) is 0 Å². The van der Waals surface area contributed by atoms with Crippen molar-refractivity contribution in [3.63, 3.8) is 0 Å². The summed E-state index contributed by atoms with van der Waals surface area (Å²) in [6.07, 6.45) is -3.78. The number of hydrogen-bond donors (Lipinski definition) is 0. The summed E-state index contributed by atoms with van der Waals surface area (Å²) in [5, 5.41) is 1.28. The van der Waals surface area contributed by atoms with Crippen molar-refractivity contribution in [1.29, 1.82) is 0 Å². The zero-order valence-electron chi connectivity index (χ0n) is 12.2. The van der Waals surface area contributed by atoms with Gasteiger partial charge in [0.1, 0.15) is 10.6 Å². The minimum atomic E-state index is -4.39. The Balaban J connectivity index is 2.08. The van der Waals surface area contributed by atoms with Crippen molar-refractivity contribution in [3.05, 3.63) is 40.2 Å². The first-order valence-corrected chi connectivity index (χ1v) is 7.68. The monoisotopic (exact) mass is 343 g/mol. The van der Waals surface area contributed by atoms with Gasteiger partial charge >= 0.3 is 6.18 Å². The molecule has 0 spiro atoms. The normalized spacial score (nSPS) is 12.9. The fourth-order valence-electron chi connectivity index (χ4n) is 1.90. The van der Waals surface area contributed by atoms with E-state index in [1.807, 2.05) is 6.92 Å². The number of hydrogen-bond acceptors (Lipinski definition) is 4. The minimum absolute atomic E-state index is 0.0546. The second kappa shape index (κ2) is 6.99. The quantitative estimate of drug-likeness (QED) is 0.767. The van der Waals surface area contributed by atoms with Gasteiger partial charge in [-0.05, 0) is 18.4 Å². The van der Waals surface area contributed by atoms with Gasteiger partial charge in [0.05, 0.1) is 0 Å². The first-order chi connectivity index (χ1) is 10.8. The summed E-state index contributed by atoms with van der Waals surface area (Å²) in [4.78, 5) is 14.2. The molecule has 0 saturated heterocycles. The number of nitrogens with one attached hydrogen (secondary N) is 1. The van der Waals surface area contributed by atoms with E-state index in [1.54, 1.807) is 18.2 Å². The van der Waals surface area contributed by atoms with Gasteiger partial charge in [0, 0.05) is 29.6 Å². The lowest BCUT2D eigenvalue weighted by atomic mass is 10.0. The summed E-state index contributed by atoms with van der Waals surface area (Å²) in [6.45, 7) is 1.86. The number of halogens is 3. The Morgan fingerprint density at radius 2 is 2.17 bits per heavy atom. The number of ether oxygens (including phenoxy) is 1. The number of nitrogens with zero attached hydrogens (tertiary/aromatic N) is 1. The first kappa shape index (κ1) is 17.3. The van der Waals surface area contributed by atoms with Crippen LogP contribution in [0.5, 0.6) is 11.6 Å². The Labute approximate surface area is 135 Å². The fourth-order valence-corrected chi connectivity index (χ4v) is 2.58. The van der Waals surface area contributed by atoms with E-state index >= 15 is 0 Å². The van der Waals surface area contributed by atoms with Gasteiger partial charge in [-0.15, -0.1) is 11.3 Å². The highest BCUT2D eigenvalue weighted by molar-refractivity contribution is 7.10. The lowest BCUT2D eigenvalue weighted by molar-refractivity contribution is -0.134. The molecule has 1 atom stereocenters. The van der Waals surface area contributed by atoms with Gasteiger partial charge in [0.25, 0.3) is 0 Å². The second-order valence-corrected chi connectivity index (χ2v) is 5.92. The number of alkyl halides is 3. The van der Waals surface area contributed by atoms with Crippen molar-refractivity contribution in [2.45, 2.75) is 31.9 Å². The number of rotatable bonds is 6. The molecule has 0 saturated carbocycles. The summed E-state index contributed by atoms with van der Waals surface area (Å²) < 4.78 is 43.0. The first-order valence-electron chi connectivity index (χ1n) is 6.80. The largest absolute Gasteiger partial charge is 0.438 e. The molecule has 1 unspecified atom stereocenters. The number of carbonyl (C=O) groups excluding carboxylic acids is 1. The highest BCUT2D eigenvalue weighted by atomic mass is 32.1. The highest BCUT2D eigenvalue weighted by Crippen LogP contribution is 2.37. The number of aromatic nitrogens is 1. The van der Waals surface area contributed by atoms with Crippen molar-refractivity contribution in [1.82, 2.24) is 10.7 Å². The molecule has 23 heavy (non-hydrogen) atoms. The van der Waals surface area contributed by atoms with Crippen molar-refractivity contribution < 1.29 is 22.7 Å². The molecule has 1 radical (unpaired) electrons. The Morgan fingerprint density at radius 1 is 1.43 bits per heavy atom. The summed E-state index contributed by atoms with van der Waals surface area (Å²) in [5.74, 6) is -0.415. The average molecular weight is 343 g/mol. The summed E-state index contributed by atoms with van der Waals surface area (Å²) in [6, 6.07) is 5.92. The Kier molecular flexibility index (Phi) is 5.25. The van der Waals surface area contributed by atoms with E-state index in [0.29, 0.717) is 23.5 Å². The van der Waals surface area contributed by atoms with E-state index in [0.717, 1.165) is 6.07 Å². The number of amides is 1. The molecule has 0 bridgehead atoms. The molecule has 2 aromatic rings. The molecule has 4 nitrogen and oxygen atoms in total. The molecule has 0 aliphatic carbocycles. The average Bonchev–Trinajstić information content (AvgIpc) is 2.93. The van der Waals surface area contributed by atoms with E-state index in [9.17, 15) is 18.0 Å². The summed E-state index contributed by atoms with van der Waals surface area (Å²) in [5.41, 5.74) is 7.56. The van der Waals surface area contributed by atoms with Crippen LogP contribution in [0.4, 0.5) is 13.2 Å². The Hall–Kier alpha value is -2.09. The predicted molar refractivity (Wildman–Crippen MR) is 79.4 cm³/mol. The minimum Gasteiger partial charge on any atom is -0.438 e. The molecular formula is C15H14F3N2O2S. The third kappa shape index (κ3) is 4.95. The maximum absolute atomic E-state index is 12.6. The molecular weight excluding hydrogens is 329 g/mol. The number of pyridine rings is 1. The number of thiophene rings is 1. The van der Waals surface area contributed by atoms with Gasteiger partial charge in [-0.2, -0.15) is 13.2 Å². The fraction of sp³-hybridized carbons (Fsp3) is 0.333. The predicted octanol–water partition coefficient (Wildman–Crippen LogP) is 4.65. The van der Waals surface area contributed by atoms with E-state index < -0.39 is 17.0 Å².